The summed E-state index contributed by atoms with van der Waals surface area (Å²) in [7, 11) is 0. The number of hydrogen-bond acceptors (Lipinski definition) is 2. The highest BCUT2D eigenvalue weighted by Gasteiger charge is 2.22. The van der Waals surface area contributed by atoms with Gasteiger partial charge in [0.05, 0.1) is 0 Å². The number of rotatable bonds is 3. The third-order valence-electron chi connectivity index (χ3n) is 4.00. The second-order valence-electron chi connectivity index (χ2n) is 5.67. The Morgan fingerprint density at radius 3 is 2.79 bits per heavy atom. The maximum Gasteiger partial charge on any atom is 0.251 e. The topological polar surface area (TPSA) is 55.1 Å². The van der Waals surface area contributed by atoms with Crippen molar-refractivity contribution in [2.45, 2.75) is 33.1 Å². The van der Waals surface area contributed by atoms with Crippen molar-refractivity contribution in [1.82, 2.24) is 5.32 Å². The van der Waals surface area contributed by atoms with E-state index in [0.717, 1.165) is 18.8 Å². The van der Waals surface area contributed by atoms with Crippen LogP contribution in [0.1, 0.15) is 42.1 Å². The van der Waals surface area contributed by atoms with E-state index in [4.69, 9.17) is 5.73 Å². The number of nitrogens with two attached hydrogens (primary N) is 1. The molecule has 1 aliphatic carbocycles. The Morgan fingerprint density at radius 1 is 1.47 bits per heavy atom. The monoisotopic (exact) mass is 264 g/mol. The van der Waals surface area contributed by atoms with Crippen LogP contribution in [0.2, 0.25) is 0 Å². The molecular formula is C15H21FN2O. The van der Waals surface area contributed by atoms with E-state index in [1.165, 1.54) is 18.6 Å². The molecule has 4 heteroatoms. The van der Waals surface area contributed by atoms with Gasteiger partial charge in [0.2, 0.25) is 0 Å². The third kappa shape index (κ3) is 3.25. The molecule has 19 heavy (non-hydrogen) atoms. The highest BCUT2D eigenvalue weighted by Crippen LogP contribution is 2.29. The van der Waals surface area contributed by atoms with Crippen LogP contribution in [0, 0.1) is 24.6 Å². The lowest BCUT2D eigenvalue weighted by atomic mass is 10.1. The third-order valence-corrected chi connectivity index (χ3v) is 4.00. The lowest BCUT2D eigenvalue weighted by Gasteiger charge is -2.12. The Balaban J connectivity index is 1.96. The molecule has 1 aromatic rings. The highest BCUT2D eigenvalue weighted by atomic mass is 19.1. The van der Waals surface area contributed by atoms with Gasteiger partial charge in [0, 0.05) is 23.4 Å². The first-order chi connectivity index (χ1) is 8.97. The van der Waals surface area contributed by atoms with Crippen LogP contribution < -0.4 is 11.1 Å². The zero-order valence-corrected chi connectivity index (χ0v) is 11.5. The average molecular weight is 264 g/mol. The number of benzene rings is 1. The molecule has 2 atom stereocenters. The summed E-state index contributed by atoms with van der Waals surface area (Å²) in [6, 6.07) is 2.78. The molecule has 1 aliphatic rings. The van der Waals surface area contributed by atoms with Gasteiger partial charge < -0.3 is 11.1 Å². The Morgan fingerprint density at radius 2 is 2.21 bits per heavy atom. The molecule has 0 radical (unpaired) electrons. The zero-order valence-electron chi connectivity index (χ0n) is 11.5. The second-order valence-corrected chi connectivity index (χ2v) is 5.67. The summed E-state index contributed by atoms with van der Waals surface area (Å²) < 4.78 is 13.5. The molecule has 0 aromatic heterocycles. The van der Waals surface area contributed by atoms with Crippen molar-refractivity contribution in [1.29, 1.82) is 0 Å². The van der Waals surface area contributed by atoms with Gasteiger partial charge in [-0.05, 0) is 43.7 Å². The van der Waals surface area contributed by atoms with Crippen molar-refractivity contribution >= 4 is 11.6 Å². The SMILES string of the molecule is Cc1c(N)cc(C(=O)NCC2CCC(C)C2)cc1F. The van der Waals surface area contributed by atoms with Crippen molar-refractivity contribution in [3.05, 3.63) is 29.1 Å². The van der Waals surface area contributed by atoms with E-state index in [9.17, 15) is 9.18 Å². The zero-order chi connectivity index (χ0) is 14.0. The summed E-state index contributed by atoms with van der Waals surface area (Å²) in [5.41, 5.74) is 6.68. The summed E-state index contributed by atoms with van der Waals surface area (Å²) in [6.45, 7) is 4.50. The van der Waals surface area contributed by atoms with Crippen LogP contribution in [0.15, 0.2) is 12.1 Å². The lowest BCUT2D eigenvalue weighted by Crippen LogP contribution is -2.28. The van der Waals surface area contributed by atoms with Crippen LogP contribution in [0.4, 0.5) is 10.1 Å². The van der Waals surface area contributed by atoms with Gasteiger partial charge in [-0.3, -0.25) is 4.79 Å². The molecule has 3 N–H and O–H groups in total. The molecule has 3 nitrogen and oxygen atoms in total. The van der Waals surface area contributed by atoms with Crippen molar-refractivity contribution < 1.29 is 9.18 Å². The van der Waals surface area contributed by atoms with Crippen molar-refractivity contribution in [3.63, 3.8) is 0 Å². The van der Waals surface area contributed by atoms with Crippen LogP contribution in [0.25, 0.3) is 0 Å². The number of carbonyl (C=O) groups excluding carboxylic acids is 1. The Bertz CT molecular complexity index is 464. The average Bonchev–Trinajstić information content (AvgIpc) is 2.78. The number of anilines is 1. The van der Waals surface area contributed by atoms with Crippen LogP contribution in [0.3, 0.4) is 0 Å². The quantitative estimate of drug-likeness (QED) is 0.825. The molecule has 104 valence electrons. The number of carbonyl (C=O) groups is 1. The number of amides is 1. The summed E-state index contributed by atoms with van der Waals surface area (Å²) >= 11 is 0. The van der Waals surface area contributed by atoms with Gasteiger partial charge in [-0.2, -0.15) is 0 Å². The Labute approximate surface area is 113 Å². The minimum Gasteiger partial charge on any atom is -0.398 e. The fraction of sp³-hybridized carbons (Fsp3) is 0.533. The van der Waals surface area contributed by atoms with Crippen LogP contribution in [-0.2, 0) is 0 Å². The molecule has 1 fully saturated rings. The lowest BCUT2D eigenvalue weighted by molar-refractivity contribution is 0.0946. The molecule has 2 unspecified atom stereocenters. The predicted molar refractivity (Wildman–Crippen MR) is 74.4 cm³/mol. The molecule has 0 heterocycles. The molecule has 1 saturated carbocycles. The van der Waals surface area contributed by atoms with Crippen molar-refractivity contribution in [2.24, 2.45) is 11.8 Å². The van der Waals surface area contributed by atoms with Crippen LogP contribution in [0.5, 0.6) is 0 Å². The van der Waals surface area contributed by atoms with Crippen LogP contribution >= 0.6 is 0 Å². The molecule has 0 aliphatic heterocycles. The summed E-state index contributed by atoms with van der Waals surface area (Å²) in [5, 5.41) is 2.87. The van der Waals surface area contributed by atoms with E-state index in [1.807, 2.05) is 0 Å². The number of nitrogens with one attached hydrogen (secondary N) is 1. The first-order valence-electron chi connectivity index (χ1n) is 6.81. The maximum absolute atomic E-state index is 13.5. The van der Waals surface area contributed by atoms with Gasteiger partial charge >= 0.3 is 0 Å². The summed E-state index contributed by atoms with van der Waals surface area (Å²) in [5.74, 6) is 0.616. The first kappa shape index (κ1) is 13.8. The van der Waals surface area contributed by atoms with Crippen molar-refractivity contribution in [3.8, 4) is 0 Å². The van der Waals surface area contributed by atoms with Crippen molar-refractivity contribution in [2.75, 3.05) is 12.3 Å². The smallest absolute Gasteiger partial charge is 0.251 e. The van der Waals surface area contributed by atoms with Gasteiger partial charge in [0.15, 0.2) is 0 Å². The largest absolute Gasteiger partial charge is 0.398 e. The Hall–Kier alpha value is -1.58. The van der Waals surface area contributed by atoms with E-state index < -0.39 is 5.82 Å². The molecule has 2 rings (SSSR count). The van der Waals surface area contributed by atoms with Gasteiger partial charge in [-0.1, -0.05) is 13.3 Å². The number of nitrogen functional groups attached to an aromatic ring is 1. The molecular weight excluding hydrogens is 243 g/mol. The molecule has 0 bridgehead atoms. The Kier molecular flexibility index (Phi) is 4.08. The van der Waals surface area contributed by atoms with E-state index >= 15 is 0 Å². The summed E-state index contributed by atoms with van der Waals surface area (Å²) in [6.07, 6.45) is 3.54. The fourth-order valence-electron chi connectivity index (χ4n) is 2.68. The minimum absolute atomic E-state index is 0.245. The number of halogens is 1. The maximum atomic E-state index is 13.5. The van der Waals surface area contributed by atoms with Crippen LogP contribution in [-0.4, -0.2) is 12.5 Å². The first-order valence-corrected chi connectivity index (χ1v) is 6.81. The molecule has 1 aromatic carbocycles. The summed E-state index contributed by atoms with van der Waals surface area (Å²) in [4.78, 5) is 12.0. The van der Waals surface area contributed by atoms with Gasteiger partial charge in [-0.25, -0.2) is 4.39 Å². The van der Waals surface area contributed by atoms with E-state index in [1.54, 1.807) is 6.92 Å². The van der Waals surface area contributed by atoms with Gasteiger partial charge in [0.1, 0.15) is 5.82 Å². The normalized spacial score (nSPS) is 22.5. The van der Waals surface area contributed by atoms with Gasteiger partial charge in [-0.15, -0.1) is 0 Å². The van der Waals surface area contributed by atoms with E-state index in [-0.39, 0.29) is 5.91 Å². The standard InChI is InChI=1S/C15H21FN2O/c1-9-3-4-11(5-9)8-18-15(19)12-6-13(16)10(2)14(17)7-12/h6-7,9,11H,3-5,8,17H2,1-2H3,(H,18,19). The molecule has 1 amide bonds. The van der Waals surface area contributed by atoms with E-state index in [2.05, 4.69) is 12.2 Å². The van der Waals surface area contributed by atoms with E-state index in [0.29, 0.717) is 29.3 Å². The molecule has 0 saturated heterocycles. The minimum atomic E-state index is -0.431. The number of hydrogen-bond donors (Lipinski definition) is 2. The molecule has 0 spiro atoms. The fourth-order valence-corrected chi connectivity index (χ4v) is 2.68. The predicted octanol–water partition coefficient (Wildman–Crippen LogP) is 2.88. The second kappa shape index (κ2) is 5.59. The van der Waals surface area contributed by atoms with Gasteiger partial charge in [0.25, 0.3) is 5.91 Å². The highest BCUT2D eigenvalue weighted by molar-refractivity contribution is 5.95.